The molecule has 0 aromatic carbocycles. The second-order valence-corrected chi connectivity index (χ2v) is 5.90. The van der Waals surface area contributed by atoms with Crippen LogP contribution in [0.2, 0.25) is 0 Å². The third kappa shape index (κ3) is 2.93. The largest absolute Gasteiger partial charge is 0.345 e. The van der Waals surface area contributed by atoms with Crippen LogP contribution in [-0.2, 0) is 0 Å². The van der Waals surface area contributed by atoms with Gasteiger partial charge in [0.2, 0.25) is 0 Å². The second kappa shape index (κ2) is 6.31. The van der Waals surface area contributed by atoms with Crippen LogP contribution in [0.15, 0.2) is 47.7 Å². The summed E-state index contributed by atoms with van der Waals surface area (Å²) in [6.45, 7) is 0.634. The van der Waals surface area contributed by atoms with E-state index in [0.717, 1.165) is 18.4 Å². The number of aromatic nitrogens is 5. The lowest BCUT2D eigenvalue weighted by atomic mass is 10.1. The topological polar surface area (TPSA) is 108 Å². The van der Waals surface area contributed by atoms with E-state index >= 15 is 0 Å². The van der Waals surface area contributed by atoms with E-state index in [1.165, 1.54) is 6.20 Å². The van der Waals surface area contributed by atoms with Crippen LogP contribution < -0.4 is 5.69 Å². The van der Waals surface area contributed by atoms with Crippen LogP contribution in [0, 0.1) is 0 Å². The Kier molecular flexibility index (Phi) is 3.85. The summed E-state index contributed by atoms with van der Waals surface area (Å²) in [4.78, 5) is 36.5. The highest BCUT2D eigenvalue weighted by Gasteiger charge is 2.32. The molecule has 8 heteroatoms. The Morgan fingerprint density at radius 2 is 2.20 bits per heavy atom. The first-order valence-corrected chi connectivity index (χ1v) is 8.04. The number of pyridine rings is 1. The summed E-state index contributed by atoms with van der Waals surface area (Å²) in [6.07, 6.45) is 6.53. The number of H-pyrrole nitrogens is 2. The van der Waals surface area contributed by atoms with Gasteiger partial charge < -0.3 is 9.88 Å². The van der Waals surface area contributed by atoms with E-state index in [-0.39, 0.29) is 11.9 Å². The van der Waals surface area contributed by atoms with Crippen molar-refractivity contribution in [2.24, 2.45) is 0 Å². The Hall–Kier alpha value is -3.29. The fourth-order valence-electron chi connectivity index (χ4n) is 3.16. The molecule has 25 heavy (non-hydrogen) atoms. The zero-order valence-electron chi connectivity index (χ0n) is 13.3. The van der Waals surface area contributed by atoms with Crippen LogP contribution in [0.3, 0.4) is 0 Å². The lowest BCUT2D eigenvalue weighted by Crippen LogP contribution is -2.32. The Balaban J connectivity index is 1.60. The molecule has 1 saturated heterocycles. The molecule has 1 aliphatic heterocycles. The number of nitrogens with zero attached hydrogens (tertiary/aromatic N) is 4. The van der Waals surface area contributed by atoms with Gasteiger partial charge in [-0.15, -0.1) is 0 Å². The third-order valence-electron chi connectivity index (χ3n) is 4.34. The lowest BCUT2D eigenvalue weighted by molar-refractivity contribution is 0.0726. The lowest BCUT2D eigenvalue weighted by Gasteiger charge is -2.23. The normalized spacial score (nSPS) is 17.0. The van der Waals surface area contributed by atoms with E-state index < -0.39 is 5.69 Å². The van der Waals surface area contributed by atoms with Crippen molar-refractivity contribution < 1.29 is 4.79 Å². The van der Waals surface area contributed by atoms with Gasteiger partial charge in [-0.05, 0) is 37.1 Å². The number of rotatable bonds is 3. The molecule has 0 bridgehead atoms. The van der Waals surface area contributed by atoms with Gasteiger partial charge in [-0.3, -0.25) is 14.9 Å². The molecule has 0 spiro atoms. The molecule has 1 fully saturated rings. The Morgan fingerprint density at radius 3 is 3.00 bits per heavy atom. The number of likely N-dealkylation sites (tertiary alicyclic amines) is 1. The average Bonchev–Trinajstić information content (AvgIpc) is 3.32. The third-order valence-corrected chi connectivity index (χ3v) is 4.34. The first kappa shape index (κ1) is 15.3. The second-order valence-electron chi connectivity index (χ2n) is 5.90. The first-order valence-electron chi connectivity index (χ1n) is 8.04. The number of hydrogen-bond donors (Lipinski definition) is 2. The van der Waals surface area contributed by atoms with E-state index in [2.05, 4.69) is 25.1 Å². The molecule has 1 aliphatic rings. The van der Waals surface area contributed by atoms with Gasteiger partial charge in [0.05, 0.1) is 11.7 Å². The molecule has 1 atom stereocenters. The Labute approximate surface area is 143 Å². The van der Waals surface area contributed by atoms with Crippen molar-refractivity contribution in [3.8, 4) is 11.3 Å². The van der Waals surface area contributed by atoms with Gasteiger partial charge in [0.1, 0.15) is 5.69 Å². The Bertz CT molecular complexity index is 949. The average molecular weight is 336 g/mol. The molecule has 0 radical (unpaired) electrons. The SMILES string of the molecule is O=C(c1cc(-c2cccnc2)n[nH]1)N1CCC[C@@H]1c1ccnc(=O)[nH]1. The summed E-state index contributed by atoms with van der Waals surface area (Å²) in [5.41, 5.74) is 2.23. The quantitative estimate of drug-likeness (QED) is 0.754. The molecule has 3 aromatic heterocycles. The van der Waals surface area contributed by atoms with Crippen LogP contribution in [0.1, 0.15) is 35.1 Å². The zero-order chi connectivity index (χ0) is 17.2. The standard InChI is InChI=1S/C17H16N6O2/c24-16(14-9-13(21-22-14)11-3-1-6-18-10-11)23-8-2-4-15(23)12-5-7-19-17(25)20-12/h1,3,5-7,9-10,15H,2,4,8H2,(H,21,22)(H,19,20,25)/t15-/m1/s1. The highest BCUT2D eigenvalue weighted by Crippen LogP contribution is 2.31. The summed E-state index contributed by atoms with van der Waals surface area (Å²) < 4.78 is 0. The number of nitrogens with one attached hydrogen (secondary N) is 2. The van der Waals surface area contributed by atoms with E-state index in [1.54, 1.807) is 29.4 Å². The predicted molar refractivity (Wildman–Crippen MR) is 89.7 cm³/mol. The Morgan fingerprint density at radius 1 is 1.28 bits per heavy atom. The molecule has 126 valence electrons. The maximum atomic E-state index is 12.9. The summed E-state index contributed by atoms with van der Waals surface area (Å²) in [5.74, 6) is -0.136. The molecule has 1 amide bonds. The zero-order valence-corrected chi connectivity index (χ0v) is 13.3. The van der Waals surface area contributed by atoms with Gasteiger partial charge in [-0.2, -0.15) is 5.10 Å². The molecular weight excluding hydrogens is 320 g/mol. The van der Waals surface area contributed by atoms with Gasteiger partial charge in [-0.1, -0.05) is 0 Å². The van der Waals surface area contributed by atoms with Gasteiger partial charge in [-0.25, -0.2) is 9.78 Å². The van der Waals surface area contributed by atoms with E-state index in [0.29, 0.717) is 23.6 Å². The maximum Gasteiger partial charge on any atom is 0.345 e. The number of carbonyl (C=O) groups is 1. The number of hydrogen-bond acceptors (Lipinski definition) is 5. The molecule has 4 rings (SSSR count). The summed E-state index contributed by atoms with van der Waals surface area (Å²) in [7, 11) is 0. The number of amides is 1. The van der Waals surface area contributed by atoms with Crippen LogP contribution in [0.5, 0.6) is 0 Å². The minimum atomic E-state index is -0.405. The molecule has 0 aliphatic carbocycles. The summed E-state index contributed by atoms with van der Waals surface area (Å²) in [5, 5.41) is 7.02. The van der Waals surface area contributed by atoms with E-state index in [1.807, 2.05) is 12.1 Å². The molecule has 4 heterocycles. The van der Waals surface area contributed by atoms with Crippen molar-refractivity contribution in [3.63, 3.8) is 0 Å². The van der Waals surface area contributed by atoms with Crippen molar-refractivity contribution in [1.82, 2.24) is 30.0 Å². The van der Waals surface area contributed by atoms with Crippen LogP contribution in [0.4, 0.5) is 0 Å². The predicted octanol–water partition coefficient (Wildman–Crippen LogP) is 1.53. The molecule has 3 aromatic rings. The first-order chi connectivity index (χ1) is 12.2. The van der Waals surface area contributed by atoms with Crippen molar-refractivity contribution in [3.05, 3.63) is 64.7 Å². The van der Waals surface area contributed by atoms with Crippen molar-refractivity contribution in [1.29, 1.82) is 0 Å². The molecule has 0 saturated carbocycles. The summed E-state index contributed by atoms with van der Waals surface area (Å²) in [6, 6.07) is 7.02. The van der Waals surface area contributed by atoms with Crippen LogP contribution >= 0.6 is 0 Å². The molecular formula is C17H16N6O2. The van der Waals surface area contributed by atoms with Crippen molar-refractivity contribution in [2.75, 3.05) is 6.54 Å². The number of aromatic amines is 2. The van der Waals surface area contributed by atoms with Crippen LogP contribution in [-0.4, -0.2) is 42.5 Å². The minimum absolute atomic E-state index is 0.136. The van der Waals surface area contributed by atoms with Gasteiger partial charge in [0, 0.05) is 36.4 Å². The van der Waals surface area contributed by atoms with Crippen LogP contribution in [0.25, 0.3) is 11.3 Å². The molecule has 0 unspecified atom stereocenters. The minimum Gasteiger partial charge on any atom is -0.329 e. The van der Waals surface area contributed by atoms with Gasteiger partial charge in [0.25, 0.3) is 5.91 Å². The monoisotopic (exact) mass is 336 g/mol. The maximum absolute atomic E-state index is 12.9. The number of carbonyl (C=O) groups excluding carboxylic acids is 1. The van der Waals surface area contributed by atoms with Gasteiger partial charge in [0.15, 0.2) is 0 Å². The van der Waals surface area contributed by atoms with Crippen molar-refractivity contribution in [2.45, 2.75) is 18.9 Å². The van der Waals surface area contributed by atoms with E-state index in [4.69, 9.17) is 0 Å². The highest BCUT2D eigenvalue weighted by molar-refractivity contribution is 5.93. The highest BCUT2D eigenvalue weighted by atomic mass is 16.2. The molecule has 2 N–H and O–H groups in total. The van der Waals surface area contributed by atoms with Crippen molar-refractivity contribution >= 4 is 5.91 Å². The van der Waals surface area contributed by atoms with E-state index in [9.17, 15) is 9.59 Å². The summed E-state index contributed by atoms with van der Waals surface area (Å²) >= 11 is 0. The smallest absolute Gasteiger partial charge is 0.329 e. The van der Waals surface area contributed by atoms with Gasteiger partial charge >= 0.3 is 5.69 Å². The fraction of sp³-hybridized carbons (Fsp3) is 0.235. The molecule has 8 nitrogen and oxygen atoms in total. The fourth-order valence-corrected chi connectivity index (χ4v) is 3.16.